The van der Waals surface area contributed by atoms with Crippen LogP contribution in [0.3, 0.4) is 0 Å². The molecule has 0 N–H and O–H groups in total. The summed E-state index contributed by atoms with van der Waals surface area (Å²) in [6, 6.07) is 7.18. The number of hydrogen-bond acceptors (Lipinski definition) is 7. The van der Waals surface area contributed by atoms with Gasteiger partial charge in [0.2, 0.25) is 0 Å². The van der Waals surface area contributed by atoms with Gasteiger partial charge in [-0.05, 0) is 27.8 Å². The third-order valence-corrected chi connectivity index (χ3v) is 7.47. The number of ether oxygens (including phenoxy) is 6. The zero-order chi connectivity index (χ0) is 28.5. The third kappa shape index (κ3) is 11.4. The van der Waals surface area contributed by atoms with Crippen LogP contribution in [-0.4, -0.2) is 46.7 Å². The van der Waals surface area contributed by atoms with Gasteiger partial charge in [0.05, 0.1) is 46.5 Å². The molecule has 0 bridgehead atoms. The fourth-order valence-electron chi connectivity index (χ4n) is 4.02. The molecule has 218 valence electrons. The van der Waals surface area contributed by atoms with Crippen LogP contribution in [-0.2, 0) is 0 Å². The number of carbonyl (C=O) groups excluding carboxylic acids is 1. The number of hydrogen-bond donors (Lipinski definition) is 0. The van der Waals surface area contributed by atoms with Crippen LogP contribution in [0.4, 0.5) is 0 Å². The average molecular weight is 570 g/mol. The van der Waals surface area contributed by atoms with E-state index in [4.69, 9.17) is 28.4 Å². The van der Waals surface area contributed by atoms with E-state index in [-0.39, 0.29) is 33.0 Å². The van der Waals surface area contributed by atoms with Crippen LogP contribution in [0, 0.1) is 0 Å². The van der Waals surface area contributed by atoms with Gasteiger partial charge in [-0.1, -0.05) is 59.3 Å². The molecule has 0 saturated heterocycles. The van der Waals surface area contributed by atoms with Gasteiger partial charge in [-0.3, -0.25) is 4.79 Å². The van der Waals surface area contributed by atoms with E-state index < -0.39 is 0 Å². The molecule has 0 aliphatic carbocycles. The van der Waals surface area contributed by atoms with Gasteiger partial charge in [-0.15, -0.1) is 0 Å². The summed E-state index contributed by atoms with van der Waals surface area (Å²) < 4.78 is 35.1. The van der Waals surface area contributed by atoms with Crippen molar-refractivity contribution in [2.24, 2.45) is 0 Å². The molecule has 0 radical (unpaired) electrons. The van der Waals surface area contributed by atoms with E-state index in [0.717, 1.165) is 63.1 Å². The first-order valence-electron chi connectivity index (χ1n) is 14.2. The van der Waals surface area contributed by atoms with Crippen LogP contribution in [0.25, 0.3) is 0 Å². The van der Waals surface area contributed by atoms with Crippen molar-refractivity contribution >= 4 is 19.4 Å². The second kappa shape index (κ2) is 20.8. The molecule has 1 unspecified atom stereocenters. The molecule has 0 aliphatic heterocycles. The molecular weight excluding hydrogens is 522 g/mol. The van der Waals surface area contributed by atoms with Gasteiger partial charge in [-0.2, -0.15) is 0 Å². The van der Waals surface area contributed by atoms with Gasteiger partial charge < -0.3 is 28.4 Å². The maximum absolute atomic E-state index is 13.8. The Morgan fingerprint density at radius 1 is 0.600 bits per heavy atom. The first kappa shape index (κ1) is 36.0. The topological polar surface area (TPSA) is 72.5 Å². The van der Waals surface area contributed by atoms with Gasteiger partial charge in [0.15, 0.2) is 5.52 Å². The van der Waals surface area contributed by atoms with Gasteiger partial charge in [0.1, 0.15) is 40.1 Å². The van der Waals surface area contributed by atoms with Crippen molar-refractivity contribution in [3.63, 3.8) is 0 Å². The van der Waals surface area contributed by atoms with Gasteiger partial charge in [0, 0.05) is 24.3 Å². The summed E-state index contributed by atoms with van der Waals surface area (Å²) >= 11 is 0. The fourth-order valence-corrected chi connectivity index (χ4v) is 5.15. The Bertz CT molecular complexity index is 957. The van der Waals surface area contributed by atoms with Gasteiger partial charge in [-0.25, -0.2) is 0 Å². The summed E-state index contributed by atoms with van der Waals surface area (Å²) in [4.78, 5) is 13.8. The van der Waals surface area contributed by atoms with Crippen molar-refractivity contribution in [3.05, 3.63) is 29.8 Å². The molecule has 0 aliphatic rings. The molecule has 0 amide bonds. The second-order valence-electron chi connectivity index (χ2n) is 9.32. The molecule has 0 spiro atoms. The molecule has 0 saturated carbocycles. The number of unbranched alkanes of at least 4 members (excludes halogenated alkanes) is 6. The first-order chi connectivity index (χ1) is 19.0. The van der Waals surface area contributed by atoms with Crippen molar-refractivity contribution in [2.45, 2.75) is 78.6 Å². The van der Waals surface area contributed by atoms with Gasteiger partial charge in [0.25, 0.3) is 0 Å². The van der Waals surface area contributed by atoms with Crippen molar-refractivity contribution in [1.82, 2.24) is 0 Å². The predicted octanol–water partition coefficient (Wildman–Crippen LogP) is 4.57. The van der Waals surface area contributed by atoms with E-state index in [1.807, 2.05) is 12.1 Å². The molecule has 2 aromatic rings. The van der Waals surface area contributed by atoms with Crippen molar-refractivity contribution < 1.29 is 52.1 Å². The minimum absolute atomic E-state index is 0. The first-order valence-corrected chi connectivity index (χ1v) is 15.2. The summed E-state index contributed by atoms with van der Waals surface area (Å²) in [5.74, 6) is 3.30. The third-order valence-electron chi connectivity index (χ3n) is 6.25. The molecule has 0 aromatic heterocycles. The molecule has 1 atom stereocenters. The standard InChI is InChI=1S/C31H47O7P.Li/c1-7-10-13-16-36-24-21-27(37-17-14-11-8-2)30(28(22-24)38-18-15-12-9-3)39-31(32)29-25(34-5)19-23(33-4)20-26(29)35-6;/h19-22,39H,7-18H2,1-6H3;/q;+1. The number of rotatable bonds is 21. The Morgan fingerprint density at radius 2 is 1.02 bits per heavy atom. The fraction of sp³-hybridized carbons (Fsp3) is 0.581. The van der Waals surface area contributed by atoms with Crippen LogP contribution in [0.5, 0.6) is 34.5 Å². The Balaban J connectivity index is 0.00000800. The maximum atomic E-state index is 13.8. The Morgan fingerprint density at radius 3 is 1.43 bits per heavy atom. The van der Waals surface area contributed by atoms with E-state index in [1.54, 1.807) is 19.2 Å². The average Bonchev–Trinajstić information content (AvgIpc) is 2.96. The molecule has 2 aromatic carbocycles. The SMILES string of the molecule is CCCCCOc1cc(OCCCCC)c(PC(=O)c2c(OC)cc(OC)cc2OC)c(OCCCCC)c1.[Li+]. The van der Waals surface area contributed by atoms with Crippen molar-refractivity contribution in [1.29, 1.82) is 0 Å². The van der Waals surface area contributed by atoms with Crippen LogP contribution >= 0.6 is 8.58 Å². The Kier molecular flexibility index (Phi) is 18.7. The second-order valence-corrected chi connectivity index (χ2v) is 10.5. The maximum Gasteiger partial charge on any atom is 1.00 e. The number of methoxy groups -OCH3 is 3. The van der Waals surface area contributed by atoms with E-state index in [0.29, 0.717) is 59.9 Å². The zero-order valence-corrected chi connectivity index (χ0v) is 26.7. The summed E-state index contributed by atoms with van der Waals surface area (Å²) in [5, 5.41) is 0.730. The predicted molar refractivity (Wildman–Crippen MR) is 160 cm³/mol. The number of benzene rings is 2. The summed E-state index contributed by atoms with van der Waals surface area (Å²) in [6.45, 7) is 8.23. The molecule has 0 fully saturated rings. The molecule has 0 heterocycles. The summed E-state index contributed by atoms with van der Waals surface area (Å²) in [6.07, 6.45) is 9.42. The molecule has 2 rings (SSSR count). The Hall–Kier alpha value is -2.06. The van der Waals surface area contributed by atoms with E-state index in [9.17, 15) is 4.79 Å². The normalized spacial score (nSPS) is 10.8. The van der Waals surface area contributed by atoms with Crippen molar-refractivity contribution in [3.8, 4) is 34.5 Å². The largest absolute Gasteiger partial charge is 1.00 e. The van der Waals surface area contributed by atoms with E-state index in [1.165, 1.54) is 14.2 Å². The monoisotopic (exact) mass is 569 g/mol. The van der Waals surface area contributed by atoms with E-state index in [2.05, 4.69) is 20.8 Å². The minimum atomic E-state index is -0.273. The van der Waals surface area contributed by atoms with Crippen molar-refractivity contribution in [2.75, 3.05) is 41.2 Å². The van der Waals surface area contributed by atoms with Crippen LogP contribution in [0.2, 0.25) is 0 Å². The number of carbonyl (C=O) groups is 1. The van der Waals surface area contributed by atoms with Crippen LogP contribution < -0.4 is 52.6 Å². The zero-order valence-electron chi connectivity index (χ0n) is 25.7. The van der Waals surface area contributed by atoms with Crippen LogP contribution in [0.1, 0.15) is 88.9 Å². The smallest absolute Gasteiger partial charge is 0.496 e. The molecule has 40 heavy (non-hydrogen) atoms. The minimum Gasteiger partial charge on any atom is -0.496 e. The van der Waals surface area contributed by atoms with Gasteiger partial charge >= 0.3 is 18.9 Å². The Labute approximate surface area is 254 Å². The summed E-state index contributed by atoms with van der Waals surface area (Å²) in [5.41, 5.74) is 0.229. The quantitative estimate of drug-likeness (QED) is 0.124. The molecular formula is C31H47LiO7P+. The molecule has 7 nitrogen and oxygen atoms in total. The van der Waals surface area contributed by atoms with E-state index >= 15 is 0 Å². The molecule has 9 heteroatoms. The van der Waals surface area contributed by atoms with Crippen LogP contribution in [0.15, 0.2) is 24.3 Å². The summed E-state index contributed by atoms with van der Waals surface area (Å²) in [7, 11) is 4.35.